The van der Waals surface area contributed by atoms with E-state index in [9.17, 15) is 0 Å². The van der Waals surface area contributed by atoms with Gasteiger partial charge in [0.05, 0.1) is 0 Å². The van der Waals surface area contributed by atoms with Crippen LogP contribution in [0.4, 0.5) is 0 Å². The second kappa shape index (κ2) is 9.07. The molecule has 0 unspecified atom stereocenters. The van der Waals surface area contributed by atoms with Crippen LogP contribution in [-0.2, 0) is 13.1 Å². The molecule has 0 amide bonds. The summed E-state index contributed by atoms with van der Waals surface area (Å²) in [6, 6.07) is 6.29. The summed E-state index contributed by atoms with van der Waals surface area (Å²) in [4.78, 5) is 10.7. The van der Waals surface area contributed by atoms with Gasteiger partial charge in [0.15, 0.2) is 0 Å². The lowest BCUT2D eigenvalue weighted by molar-refractivity contribution is 0.120. The monoisotopic (exact) mass is 415 g/mol. The quantitative estimate of drug-likeness (QED) is 0.598. The summed E-state index contributed by atoms with van der Waals surface area (Å²) in [5.41, 5.74) is 1.10. The van der Waals surface area contributed by atoms with Gasteiger partial charge in [0.1, 0.15) is 4.34 Å². The van der Waals surface area contributed by atoms with E-state index in [4.69, 9.17) is 23.2 Å². The maximum absolute atomic E-state index is 6.31. The van der Waals surface area contributed by atoms with Crippen molar-refractivity contribution in [1.29, 1.82) is 0 Å². The summed E-state index contributed by atoms with van der Waals surface area (Å²) in [6.07, 6.45) is 6.47. The number of nitrogens with zero attached hydrogens (tertiary/aromatic N) is 3. The van der Waals surface area contributed by atoms with E-state index in [1.165, 1.54) is 17.7 Å². The molecule has 1 aromatic heterocycles. The Morgan fingerprint density at radius 1 is 1.32 bits per heavy atom. The maximum Gasteiger partial charge on any atom is 0.149 e. The van der Waals surface area contributed by atoms with E-state index in [2.05, 4.69) is 28.1 Å². The van der Waals surface area contributed by atoms with Gasteiger partial charge in [0.2, 0.25) is 0 Å². The highest BCUT2D eigenvalue weighted by molar-refractivity contribution is 8.00. The number of hydrogen-bond donors (Lipinski definition) is 0. The first-order chi connectivity index (χ1) is 12.0. The van der Waals surface area contributed by atoms with Gasteiger partial charge in [-0.2, -0.15) is 0 Å². The highest BCUT2D eigenvalue weighted by Crippen LogP contribution is 2.26. The van der Waals surface area contributed by atoms with Crippen molar-refractivity contribution in [2.24, 2.45) is 0 Å². The van der Waals surface area contributed by atoms with Crippen molar-refractivity contribution < 1.29 is 0 Å². The zero-order valence-electron chi connectivity index (χ0n) is 14.5. The Kier molecular flexibility index (Phi) is 7.06. The molecule has 1 saturated heterocycles. The summed E-state index contributed by atoms with van der Waals surface area (Å²) in [7, 11) is 2.19. The lowest BCUT2D eigenvalue weighted by Crippen LogP contribution is -2.42. The molecule has 3 rings (SSSR count). The molecule has 2 heterocycles. The molecule has 0 atom stereocenters. The molecule has 0 radical (unpaired) electrons. The van der Waals surface area contributed by atoms with Crippen LogP contribution in [0.5, 0.6) is 0 Å². The van der Waals surface area contributed by atoms with E-state index in [0.29, 0.717) is 6.04 Å². The van der Waals surface area contributed by atoms with Crippen LogP contribution in [0.2, 0.25) is 10.0 Å². The molecule has 0 bridgehead atoms. The number of hydrogen-bond acceptors (Lipinski definition) is 5. The highest BCUT2D eigenvalue weighted by Gasteiger charge is 2.23. The third kappa shape index (κ3) is 5.34. The Bertz CT molecular complexity index is 699. The largest absolute Gasteiger partial charge is 0.299 e. The minimum atomic E-state index is 0.592. The topological polar surface area (TPSA) is 19.4 Å². The Hall–Kier alpha value is -0.300. The van der Waals surface area contributed by atoms with E-state index < -0.39 is 0 Å². The molecule has 0 N–H and O–H groups in total. The molecule has 3 nitrogen and oxygen atoms in total. The number of rotatable bonds is 6. The second-order valence-corrected chi connectivity index (χ2v) is 9.47. The summed E-state index contributed by atoms with van der Waals surface area (Å²) in [6.45, 7) is 4.13. The van der Waals surface area contributed by atoms with E-state index in [0.717, 1.165) is 46.1 Å². The van der Waals surface area contributed by atoms with Gasteiger partial charge in [-0.15, -0.1) is 11.3 Å². The van der Waals surface area contributed by atoms with Crippen LogP contribution in [0.15, 0.2) is 28.7 Å². The first kappa shape index (κ1) is 19.5. The molecule has 1 aromatic carbocycles. The molecular formula is C18H23Cl2N3S2. The predicted octanol–water partition coefficient (Wildman–Crippen LogP) is 5.27. The van der Waals surface area contributed by atoms with E-state index in [1.54, 1.807) is 11.8 Å². The molecule has 1 fully saturated rings. The zero-order valence-corrected chi connectivity index (χ0v) is 17.7. The Balaban J connectivity index is 1.50. The molecule has 1 aliphatic rings. The van der Waals surface area contributed by atoms with E-state index >= 15 is 0 Å². The highest BCUT2D eigenvalue weighted by atomic mass is 35.5. The molecule has 0 spiro atoms. The van der Waals surface area contributed by atoms with Crippen LogP contribution < -0.4 is 0 Å². The van der Waals surface area contributed by atoms with Gasteiger partial charge in [-0.1, -0.05) is 35.0 Å². The van der Waals surface area contributed by atoms with Crippen molar-refractivity contribution in [3.05, 3.63) is 44.9 Å². The summed E-state index contributed by atoms with van der Waals surface area (Å²) in [5.74, 6) is 0. The van der Waals surface area contributed by atoms with Crippen LogP contribution in [0.1, 0.15) is 23.3 Å². The molecule has 136 valence electrons. The van der Waals surface area contributed by atoms with Gasteiger partial charge in [-0.3, -0.25) is 9.80 Å². The van der Waals surface area contributed by atoms with Gasteiger partial charge < -0.3 is 0 Å². The summed E-state index contributed by atoms with van der Waals surface area (Å²) >= 11 is 15.9. The van der Waals surface area contributed by atoms with Crippen molar-refractivity contribution in [1.82, 2.24) is 14.8 Å². The molecule has 0 saturated carbocycles. The minimum absolute atomic E-state index is 0.592. The van der Waals surface area contributed by atoms with Gasteiger partial charge in [0, 0.05) is 53.3 Å². The average Bonchev–Trinajstić information content (AvgIpc) is 3.06. The molecule has 2 aromatic rings. The van der Waals surface area contributed by atoms with Gasteiger partial charge in [-0.05, 0) is 49.9 Å². The van der Waals surface area contributed by atoms with Crippen molar-refractivity contribution in [2.45, 2.75) is 36.3 Å². The van der Waals surface area contributed by atoms with E-state index in [1.807, 2.05) is 35.7 Å². The summed E-state index contributed by atoms with van der Waals surface area (Å²) in [5, 5.41) is 1.54. The summed E-state index contributed by atoms with van der Waals surface area (Å²) < 4.78 is 1.16. The van der Waals surface area contributed by atoms with Crippen LogP contribution in [-0.4, -0.2) is 47.2 Å². The lowest BCUT2D eigenvalue weighted by Gasteiger charge is -2.36. The molecule has 1 aliphatic heterocycles. The number of aromatic nitrogens is 1. The van der Waals surface area contributed by atoms with Crippen LogP contribution in [0, 0.1) is 0 Å². The first-order valence-corrected chi connectivity index (χ1v) is 11.2. The number of halogens is 2. The Morgan fingerprint density at radius 2 is 2.08 bits per heavy atom. The van der Waals surface area contributed by atoms with E-state index in [-0.39, 0.29) is 0 Å². The second-order valence-electron chi connectivity index (χ2n) is 6.45. The average molecular weight is 416 g/mol. The molecule has 25 heavy (non-hydrogen) atoms. The smallest absolute Gasteiger partial charge is 0.149 e. The third-order valence-corrected chi connectivity index (χ3v) is 7.28. The number of thioether (sulfide) groups is 1. The van der Waals surface area contributed by atoms with Crippen molar-refractivity contribution >= 4 is 46.3 Å². The van der Waals surface area contributed by atoms with Crippen molar-refractivity contribution in [3.63, 3.8) is 0 Å². The van der Waals surface area contributed by atoms with Gasteiger partial charge in [-0.25, -0.2) is 4.98 Å². The fourth-order valence-electron chi connectivity index (χ4n) is 3.26. The Morgan fingerprint density at radius 3 is 2.76 bits per heavy atom. The number of likely N-dealkylation sites (tertiary alicyclic amines) is 1. The number of thiazole rings is 1. The maximum atomic E-state index is 6.31. The zero-order chi connectivity index (χ0) is 17.8. The lowest BCUT2D eigenvalue weighted by atomic mass is 10.0. The molecule has 0 aliphatic carbocycles. The van der Waals surface area contributed by atoms with Gasteiger partial charge >= 0.3 is 0 Å². The van der Waals surface area contributed by atoms with Crippen LogP contribution >= 0.6 is 46.3 Å². The van der Waals surface area contributed by atoms with Crippen molar-refractivity contribution in [3.8, 4) is 0 Å². The first-order valence-electron chi connectivity index (χ1n) is 8.40. The fourth-order valence-corrected chi connectivity index (χ4v) is 5.12. The number of benzene rings is 1. The van der Waals surface area contributed by atoms with Crippen LogP contribution in [0.3, 0.4) is 0 Å². The molecule has 7 heteroatoms. The number of piperidine rings is 1. The van der Waals surface area contributed by atoms with Crippen LogP contribution in [0.25, 0.3) is 0 Å². The minimum Gasteiger partial charge on any atom is -0.299 e. The Labute approximate surface area is 168 Å². The predicted molar refractivity (Wildman–Crippen MR) is 110 cm³/mol. The van der Waals surface area contributed by atoms with Gasteiger partial charge in [0.25, 0.3) is 0 Å². The SMILES string of the molecule is CSc1ncc(CN2CCC(N(C)Cc3cc(Cl)ccc3Cl)CC2)s1. The third-order valence-electron chi connectivity index (χ3n) is 4.69. The standard InChI is InChI=1S/C18H23Cl2N3S2/c1-22(11-13-9-14(19)3-4-17(13)20)15-5-7-23(8-6-15)12-16-10-21-18(24-2)25-16/h3-4,9-10,15H,5-8,11-12H2,1-2H3. The normalized spacial score (nSPS) is 16.7. The van der Waals surface area contributed by atoms with Crippen molar-refractivity contribution in [2.75, 3.05) is 26.4 Å². The molecular weight excluding hydrogens is 393 g/mol. The fraction of sp³-hybridized carbons (Fsp3) is 0.500.